The maximum Gasteiger partial charge on any atom is 0.260 e. The van der Waals surface area contributed by atoms with E-state index in [0.29, 0.717) is 11.7 Å². The predicted molar refractivity (Wildman–Crippen MR) is 97.3 cm³/mol. The third-order valence-corrected chi connectivity index (χ3v) is 4.80. The molecule has 1 aromatic carbocycles. The van der Waals surface area contributed by atoms with E-state index in [9.17, 15) is 4.79 Å². The third-order valence-electron chi connectivity index (χ3n) is 4.20. The van der Waals surface area contributed by atoms with Crippen LogP contribution >= 0.6 is 11.6 Å². The van der Waals surface area contributed by atoms with Gasteiger partial charge >= 0.3 is 0 Å². The molecule has 0 bridgehead atoms. The minimum absolute atomic E-state index is 0.0646. The summed E-state index contributed by atoms with van der Waals surface area (Å²) in [6, 6.07) is 3.74. The number of rotatable bonds is 9. The van der Waals surface area contributed by atoms with Crippen molar-refractivity contribution in [3.63, 3.8) is 0 Å². The quantitative estimate of drug-likeness (QED) is 0.683. The first kappa shape index (κ1) is 19.8. The van der Waals surface area contributed by atoms with Gasteiger partial charge in [0.1, 0.15) is 5.75 Å². The Kier molecular flexibility index (Phi) is 8.46. The Bertz CT molecular complexity index is 493. The minimum atomic E-state index is -0.515. The number of nitrogens with one attached hydrogen (secondary N) is 1. The first-order valence-corrected chi connectivity index (χ1v) is 8.97. The number of ether oxygens (including phenoxy) is 1. The van der Waals surface area contributed by atoms with Crippen LogP contribution in [-0.4, -0.2) is 18.6 Å². The molecule has 1 rings (SSSR count). The fourth-order valence-electron chi connectivity index (χ4n) is 2.56. The molecule has 4 heteroatoms. The van der Waals surface area contributed by atoms with Gasteiger partial charge in [-0.1, -0.05) is 44.7 Å². The van der Waals surface area contributed by atoms with Crippen LogP contribution in [0.1, 0.15) is 57.6 Å². The van der Waals surface area contributed by atoms with Gasteiger partial charge in [-0.05, 0) is 56.4 Å². The molecule has 1 N–H and O–H groups in total. The maximum atomic E-state index is 12.2. The van der Waals surface area contributed by atoms with E-state index < -0.39 is 6.10 Å². The lowest BCUT2D eigenvalue weighted by atomic mass is 9.99. The lowest BCUT2D eigenvalue weighted by Gasteiger charge is -2.19. The van der Waals surface area contributed by atoms with Crippen molar-refractivity contribution in [3.8, 4) is 5.75 Å². The monoisotopic (exact) mass is 339 g/mol. The molecule has 0 heterocycles. The number of hydrogen-bond acceptors (Lipinski definition) is 2. The molecule has 0 radical (unpaired) electrons. The maximum absolute atomic E-state index is 12.2. The Morgan fingerprint density at radius 2 is 1.87 bits per heavy atom. The van der Waals surface area contributed by atoms with Crippen LogP contribution < -0.4 is 10.1 Å². The van der Waals surface area contributed by atoms with E-state index >= 15 is 0 Å². The average Bonchev–Trinajstić information content (AvgIpc) is 2.52. The van der Waals surface area contributed by atoms with E-state index in [0.717, 1.165) is 35.5 Å². The van der Waals surface area contributed by atoms with Gasteiger partial charge in [0, 0.05) is 11.6 Å². The summed E-state index contributed by atoms with van der Waals surface area (Å²) in [4.78, 5) is 12.2. The molecule has 0 saturated heterocycles. The van der Waals surface area contributed by atoms with Crippen molar-refractivity contribution in [3.05, 3.63) is 28.3 Å². The van der Waals surface area contributed by atoms with Crippen molar-refractivity contribution >= 4 is 17.5 Å². The Labute approximate surface area is 145 Å². The molecule has 0 fully saturated rings. The van der Waals surface area contributed by atoms with Crippen LogP contribution in [0.4, 0.5) is 0 Å². The van der Waals surface area contributed by atoms with Crippen molar-refractivity contribution in [1.82, 2.24) is 5.32 Å². The molecule has 1 amide bonds. The minimum Gasteiger partial charge on any atom is -0.481 e. The van der Waals surface area contributed by atoms with Crippen molar-refractivity contribution in [2.24, 2.45) is 5.92 Å². The largest absolute Gasteiger partial charge is 0.481 e. The van der Waals surface area contributed by atoms with Gasteiger partial charge in [0.25, 0.3) is 5.91 Å². The summed E-state index contributed by atoms with van der Waals surface area (Å²) in [5, 5.41) is 3.76. The lowest BCUT2D eigenvalue weighted by molar-refractivity contribution is -0.127. The second kappa shape index (κ2) is 9.82. The molecule has 1 aromatic rings. The zero-order chi connectivity index (χ0) is 17.4. The SMILES string of the molecule is CCCCC(CC)CNC(=O)C(C)Oc1cc(C)c(Cl)c(C)c1. The zero-order valence-corrected chi connectivity index (χ0v) is 15.8. The highest BCUT2D eigenvalue weighted by Gasteiger charge is 2.17. The average molecular weight is 340 g/mol. The summed E-state index contributed by atoms with van der Waals surface area (Å²) in [5.74, 6) is 1.17. The third kappa shape index (κ3) is 6.42. The summed E-state index contributed by atoms with van der Waals surface area (Å²) in [6.45, 7) is 10.7. The fraction of sp³-hybridized carbons (Fsp3) is 0.632. The van der Waals surface area contributed by atoms with Crippen LogP contribution in [0.2, 0.25) is 5.02 Å². The van der Waals surface area contributed by atoms with E-state index in [2.05, 4.69) is 19.2 Å². The van der Waals surface area contributed by atoms with Crippen LogP contribution in [-0.2, 0) is 4.79 Å². The van der Waals surface area contributed by atoms with E-state index in [4.69, 9.17) is 16.3 Å². The van der Waals surface area contributed by atoms with Crippen molar-refractivity contribution in [2.75, 3.05) is 6.54 Å². The highest BCUT2D eigenvalue weighted by atomic mass is 35.5. The summed E-state index contributed by atoms with van der Waals surface area (Å²) in [7, 11) is 0. The zero-order valence-electron chi connectivity index (χ0n) is 15.0. The van der Waals surface area contributed by atoms with Crippen molar-refractivity contribution in [2.45, 2.75) is 66.4 Å². The molecule has 0 saturated carbocycles. The number of carbonyl (C=O) groups is 1. The highest BCUT2D eigenvalue weighted by Crippen LogP contribution is 2.26. The second-order valence-corrected chi connectivity index (χ2v) is 6.67. The number of aryl methyl sites for hydroxylation is 2. The summed E-state index contributed by atoms with van der Waals surface area (Å²) < 4.78 is 5.77. The van der Waals surface area contributed by atoms with Gasteiger partial charge < -0.3 is 10.1 Å². The Morgan fingerprint density at radius 3 is 2.39 bits per heavy atom. The molecule has 0 aliphatic rings. The normalized spacial score (nSPS) is 13.5. The van der Waals surface area contributed by atoms with E-state index in [1.165, 1.54) is 12.8 Å². The molecule has 23 heavy (non-hydrogen) atoms. The number of halogens is 1. The smallest absolute Gasteiger partial charge is 0.260 e. The molecule has 0 aliphatic heterocycles. The number of hydrogen-bond donors (Lipinski definition) is 1. The predicted octanol–water partition coefficient (Wildman–Crippen LogP) is 5.06. The molecule has 3 nitrogen and oxygen atoms in total. The highest BCUT2D eigenvalue weighted by molar-refractivity contribution is 6.32. The van der Waals surface area contributed by atoms with E-state index in [1.807, 2.05) is 26.0 Å². The number of carbonyl (C=O) groups excluding carboxylic acids is 1. The van der Waals surface area contributed by atoms with Gasteiger partial charge in [-0.25, -0.2) is 0 Å². The molecule has 2 unspecified atom stereocenters. The standard InChI is InChI=1S/C19H30ClNO2/c1-6-8-9-16(7-2)12-21-19(22)15(5)23-17-10-13(3)18(20)14(4)11-17/h10-11,15-16H,6-9,12H2,1-5H3,(H,21,22). The van der Waals surface area contributed by atoms with Gasteiger partial charge in [-0.2, -0.15) is 0 Å². The van der Waals surface area contributed by atoms with Crippen molar-refractivity contribution in [1.29, 1.82) is 0 Å². The number of benzene rings is 1. The van der Waals surface area contributed by atoms with Crippen LogP contribution in [0, 0.1) is 19.8 Å². The molecule has 0 aliphatic carbocycles. The van der Waals surface area contributed by atoms with Gasteiger partial charge in [0.05, 0.1) is 0 Å². The first-order valence-electron chi connectivity index (χ1n) is 8.60. The van der Waals surface area contributed by atoms with Crippen LogP contribution in [0.25, 0.3) is 0 Å². The Morgan fingerprint density at radius 1 is 1.26 bits per heavy atom. The van der Waals surface area contributed by atoms with Gasteiger partial charge in [0.15, 0.2) is 6.10 Å². The topological polar surface area (TPSA) is 38.3 Å². The van der Waals surface area contributed by atoms with E-state index in [-0.39, 0.29) is 5.91 Å². The Hall–Kier alpha value is -1.22. The van der Waals surface area contributed by atoms with Gasteiger partial charge in [-0.3, -0.25) is 4.79 Å². The van der Waals surface area contributed by atoms with E-state index in [1.54, 1.807) is 6.92 Å². The van der Waals surface area contributed by atoms with Gasteiger partial charge in [0.2, 0.25) is 0 Å². The van der Waals surface area contributed by atoms with Crippen LogP contribution in [0.5, 0.6) is 5.75 Å². The molecule has 2 atom stereocenters. The molecular formula is C19H30ClNO2. The Balaban J connectivity index is 2.53. The second-order valence-electron chi connectivity index (χ2n) is 6.29. The fourth-order valence-corrected chi connectivity index (χ4v) is 2.67. The molecule has 130 valence electrons. The van der Waals surface area contributed by atoms with Gasteiger partial charge in [-0.15, -0.1) is 0 Å². The molecular weight excluding hydrogens is 310 g/mol. The lowest BCUT2D eigenvalue weighted by Crippen LogP contribution is -2.38. The summed E-state index contributed by atoms with van der Waals surface area (Å²) in [6.07, 6.45) is 4.14. The summed E-state index contributed by atoms with van der Waals surface area (Å²) in [5.41, 5.74) is 1.92. The van der Waals surface area contributed by atoms with Crippen LogP contribution in [0.3, 0.4) is 0 Å². The molecule has 0 aromatic heterocycles. The number of unbranched alkanes of at least 4 members (excludes halogenated alkanes) is 1. The van der Waals surface area contributed by atoms with Crippen molar-refractivity contribution < 1.29 is 9.53 Å². The van der Waals surface area contributed by atoms with Crippen LogP contribution in [0.15, 0.2) is 12.1 Å². The summed E-state index contributed by atoms with van der Waals surface area (Å²) >= 11 is 6.16. The first-order chi connectivity index (χ1) is 10.9. The number of amides is 1. The molecule has 0 spiro atoms.